The smallest absolute Gasteiger partial charge is 0.326 e. The molecule has 0 radical (unpaired) electrons. The van der Waals surface area contributed by atoms with Crippen LogP contribution in [-0.2, 0) is 4.79 Å². The van der Waals surface area contributed by atoms with Gasteiger partial charge in [-0.15, -0.1) is 0 Å². The molecule has 1 aliphatic heterocycles. The van der Waals surface area contributed by atoms with Crippen LogP contribution in [0.4, 0.5) is 4.79 Å². The van der Waals surface area contributed by atoms with Crippen molar-refractivity contribution in [1.29, 1.82) is 0 Å². The Hall–Kier alpha value is -2.08. The number of hydrogen-bond donors (Lipinski definition) is 3. The summed E-state index contributed by atoms with van der Waals surface area (Å²) in [6, 6.07) is 8.37. The number of nitrogens with zero attached hydrogens (tertiary/aromatic N) is 1. The van der Waals surface area contributed by atoms with Gasteiger partial charge < -0.3 is 20.4 Å². The van der Waals surface area contributed by atoms with E-state index in [-0.39, 0.29) is 18.9 Å². The maximum Gasteiger partial charge on any atom is 0.326 e. The standard InChI is InChI=1S/C15H20N2O4/c1-10(11-5-3-2-4-6-11)8-16-15(21)17-9-12(18)7-13(17)14(19)20/h2-6,10,12-13,18H,7-9H2,1H3,(H,16,21)(H,19,20)/t10?,12?,13-/m0/s1. The van der Waals surface area contributed by atoms with Gasteiger partial charge in [-0.05, 0) is 11.5 Å². The lowest BCUT2D eigenvalue weighted by atomic mass is 10.0. The lowest BCUT2D eigenvalue weighted by Gasteiger charge is -2.23. The van der Waals surface area contributed by atoms with E-state index in [0.29, 0.717) is 6.54 Å². The Morgan fingerprint density at radius 3 is 2.67 bits per heavy atom. The van der Waals surface area contributed by atoms with Crippen molar-refractivity contribution >= 4 is 12.0 Å². The van der Waals surface area contributed by atoms with E-state index in [1.54, 1.807) is 0 Å². The first-order valence-corrected chi connectivity index (χ1v) is 6.99. The van der Waals surface area contributed by atoms with Crippen molar-refractivity contribution in [3.63, 3.8) is 0 Å². The van der Waals surface area contributed by atoms with Crippen LogP contribution in [0.5, 0.6) is 0 Å². The van der Waals surface area contributed by atoms with Gasteiger partial charge in [-0.25, -0.2) is 9.59 Å². The van der Waals surface area contributed by atoms with Gasteiger partial charge >= 0.3 is 12.0 Å². The van der Waals surface area contributed by atoms with Crippen LogP contribution in [0, 0.1) is 0 Å². The Balaban J connectivity index is 1.91. The number of carbonyl (C=O) groups is 2. The zero-order valence-corrected chi connectivity index (χ0v) is 11.9. The summed E-state index contributed by atoms with van der Waals surface area (Å²) < 4.78 is 0. The van der Waals surface area contributed by atoms with Gasteiger partial charge in [0.05, 0.1) is 6.10 Å². The van der Waals surface area contributed by atoms with Crippen molar-refractivity contribution in [2.24, 2.45) is 0 Å². The van der Waals surface area contributed by atoms with Crippen LogP contribution in [0.3, 0.4) is 0 Å². The van der Waals surface area contributed by atoms with Crippen LogP contribution in [0.15, 0.2) is 30.3 Å². The number of hydrogen-bond acceptors (Lipinski definition) is 3. The molecule has 1 heterocycles. The van der Waals surface area contributed by atoms with E-state index in [0.717, 1.165) is 5.56 Å². The molecule has 1 fully saturated rings. The van der Waals surface area contributed by atoms with Gasteiger partial charge in [-0.3, -0.25) is 0 Å². The minimum atomic E-state index is -1.09. The monoisotopic (exact) mass is 292 g/mol. The Labute approximate surface area is 123 Å². The summed E-state index contributed by atoms with van der Waals surface area (Å²) in [7, 11) is 0. The number of carbonyl (C=O) groups excluding carboxylic acids is 1. The van der Waals surface area contributed by atoms with Crippen molar-refractivity contribution in [1.82, 2.24) is 10.2 Å². The summed E-state index contributed by atoms with van der Waals surface area (Å²) in [5, 5.41) is 21.4. The predicted molar refractivity (Wildman–Crippen MR) is 77.0 cm³/mol. The average molecular weight is 292 g/mol. The molecular weight excluding hydrogens is 272 g/mol. The molecule has 3 N–H and O–H groups in total. The first kappa shape index (κ1) is 15.3. The number of likely N-dealkylation sites (tertiary alicyclic amines) is 1. The molecule has 2 unspecified atom stereocenters. The molecule has 114 valence electrons. The number of benzene rings is 1. The number of urea groups is 1. The molecule has 1 saturated heterocycles. The van der Waals surface area contributed by atoms with E-state index in [2.05, 4.69) is 5.32 Å². The van der Waals surface area contributed by atoms with E-state index in [1.807, 2.05) is 37.3 Å². The highest BCUT2D eigenvalue weighted by atomic mass is 16.4. The molecule has 2 rings (SSSR count). The van der Waals surface area contributed by atoms with Crippen LogP contribution >= 0.6 is 0 Å². The first-order chi connectivity index (χ1) is 9.99. The summed E-state index contributed by atoms with van der Waals surface area (Å²) >= 11 is 0. The Kier molecular flexibility index (Phi) is 4.80. The zero-order valence-electron chi connectivity index (χ0n) is 11.9. The molecule has 0 aromatic heterocycles. The molecule has 21 heavy (non-hydrogen) atoms. The molecule has 0 aliphatic carbocycles. The summed E-state index contributed by atoms with van der Waals surface area (Å²) in [5.74, 6) is -0.955. The number of β-amino-alcohol motifs (C(OH)–C–C–N with tert-alkyl or cyclic N) is 1. The lowest BCUT2D eigenvalue weighted by Crippen LogP contribution is -2.46. The Bertz CT molecular complexity index is 506. The Morgan fingerprint density at radius 2 is 2.05 bits per heavy atom. The van der Waals surface area contributed by atoms with E-state index < -0.39 is 24.1 Å². The summed E-state index contributed by atoms with van der Waals surface area (Å²) in [5.41, 5.74) is 1.11. The second kappa shape index (κ2) is 6.58. The van der Waals surface area contributed by atoms with E-state index in [1.165, 1.54) is 4.90 Å². The number of nitrogens with one attached hydrogen (secondary N) is 1. The third-order valence-corrected chi connectivity index (χ3v) is 3.75. The van der Waals surface area contributed by atoms with Gasteiger partial charge in [0.25, 0.3) is 0 Å². The molecule has 1 aromatic carbocycles. The molecule has 0 spiro atoms. The largest absolute Gasteiger partial charge is 0.480 e. The second-order valence-electron chi connectivity index (χ2n) is 5.39. The number of aliphatic hydroxyl groups is 1. The molecule has 3 atom stereocenters. The van der Waals surface area contributed by atoms with Crippen molar-refractivity contribution in [2.45, 2.75) is 31.4 Å². The second-order valence-corrected chi connectivity index (χ2v) is 5.39. The van der Waals surface area contributed by atoms with Gasteiger partial charge in [0.1, 0.15) is 6.04 Å². The molecule has 1 aliphatic rings. The number of rotatable bonds is 4. The van der Waals surface area contributed by atoms with Gasteiger partial charge in [0.2, 0.25) is 0 Å². The highest BCUT2D eigenvalue weighted by Crippen LogP contribution is 2.19. The van der Waals surface area contributed by atoms with E-state index in [4.69, 9.17) is 5.11 Å². The normalized spacial score (nSPS) is 22.9. The number of aliphatic hydroxyl groups excluding tert-OH is 1. The highest BCUT2D eigenvalue weighted by molar-refractivity contribution is 5.83. The molecule has 0 bridgehead atoms. The highest BCUT2D eigenvalue weighted by Gasteiger charge is 2.38. The van der Waals surface area contributed by atoms with Crippen molar-refractivity contribution in [3.05, 3.63) is 35.9 Å². The maximum atomic E-state index is 12.1. The molecule has 1 aromatic rings. The van der Waals surface area contributed by atoms with Crippen LogP contribution in [0.2, 0.25) is 0 Å². The third kappa shape index (κ3) is 3.72. The molecular formula is C15H20N2O4. The number of carboxylic acid groups (broad SMARTS) is 1. The molecule has 6 nitrogen and oxygen atoms in total. The van der Waals surface area contributed by atoms with Crippen LogP contribution in [-0.4, -0.2) is 52.3 Å². The fraction of sp³-hybridized carbons (Fsp3) is 0.467. The van der Waals surface area contributed by atoms with Crippen molar-refractivity contribution in [2.75, 3.05) is 13.1 Å². The van der Waals surface area contributed by atoms with E-state index >= 15 is 0 Å². The zero-order chi connectivity index (χ0) is 15.4. The first-order valence-electron chi connectivity index (χ1n) is 6.99. The SMILES string of the molecule is CC(CNC(=O)N1CC(O)C[C@H]1C(=O)O)c1ccccc1. The van der Waals surface area contributed by atoms with E-state index in [9.17, 15) is 14.7 Å². The van der Waals surface area contributed by atoms with Crippen molar-refractivity contribution in [3.8, 4) is 0 Å². The summed E-state index contributed by atoms with van der Waals surface area (Å²) in [6.07, 6.45) is -0.694. The number of carboxylic acids is 1. The fourth-order valence-corrected chi connectivity index (χ4v) is 2.51. The van der Waals surface area contributed by atoms with Crippen LogP contribution in [0.25, 0.3) is 0 Å². The Morgan fingerprint density at radius 1 is 1.38 bits per heavy atom. The quantitative estimate of drug-likeness (QED) is 0.773. The molecule has 6 heteroatoms. The topological polar surface area (TPSA) is 89.9 Å². The summed E-state index contributed by atoms with van der Waals surface area (Å²) in [6.45, 7) is 2.47. The van der Waals surface area contributed by atoms with Crippen LogP contribution in [0.1, 0.15) is 24.8 Å². The number of amides is 2. The molecule has 0 saturated carbocycles. The van der Waals surface area contributed by atoms with Crippen molar-refractivity contribution < 1.29 is 19.8 Å². The fourth-order valence-electron chi connectivity index (χ4n) is 2.51. The van der Waals surface area contributed by atoms with Crippen LogP contribution < -0.4 is 5.32 Å². The predicted octanol–water partition coefficient (Wildman–Crippen LogP) is 1.02. The van der Waals surface area contributed by atoms with Gasteiger partial charge in [0, 0.05) is 19.5 Å². The lowest BCUT2D eigenvalue weighted by molar-refractivity contribution is -0.141. The van der Waals surface area contributed by atoms with Gasteiger partial charge in [-0.2, -0.15) is 0 Å². The minimum absolute atomic E-state index is 0.0581. The van der Waals surface area contributed by atoms with Gasteiger partial charge in [-0.1, -0.05) is 37.3 Å². The van der Waals surface area contributed by atoms with Gasteiger partial charge in [0.15, 0.2) is 0 Å². The molecule has 2 amide bonds. The minimum Gasteiger partial charge on any atom is -0.480 e. The maximum absolute atomic E-state index is 12.1. The average Bonchev–Trinajstić information content (AvgIpc) is 2.87. The number of aliphatic carboxylic acids is 1. The summed E-state index contributed by atoms with van der Waals surface area (Å²) in [4.78, 5) is 24.4. The third-order valence-electron chi connectivity index (χ3n) is 3.75.